The first-order valence-corrected chi connectivity index (χ1v) is 10.3. The Labute approximate surface area is 185 Å². The van der Waals surface area contributed by atoms with Crippen LogP contribution in [0.5, 0.6) is 0 Å². The highest BCUT2D eigenvalue weighted by molar-refractivity contribution is 6.35. The summed E-state index contributed by atoms with van der Waals surface area (Å²) in [5.41, 5.74) is 2.42. The summed E-state index contributed by atoms with van der Waals surface area (Å²) in [7, 11) is 0. The second-order valence-electron chi connectivity index (χ2n) is 6.75. The van der Waals surface area contributed by atoms with Crippen molar-refractivity contribution in [1.29, 1.82) is 5.26 Å². The molecule has 0 unspecified atom stereocenters. The van der Waals surface area contributed by atoms with Crippen LogP contribution in [-0.2, 0) is 11.2 Å². The smallest absolute Gasteiger partial charge is 0.266 e. The van der Waals surface area contributed by atoms with Crippen molar-refractivity contribution in [3.63, 3.8) is 0 Å². The van der Waals surface area contributed by atoms with Gasteiger partial charge in [-0.05, 0) is 60.9 Å². The number of furan rings is 1. The maximum atomic E-state index is 12.5. The van der Waals surface area contributed by atoms with Crippen molar-refractivity contribution in [3.05, 3.63) is 81.5 Å². The van der Waals surface area contributed by atoms with Crippen molar-refractivity contribution < 1.29 is 9.21 Å². The minimum Gasteiger partial charge on any atom is -0.457 e. The number of anilines is 1. The molecule has 3 rings (SSSR count). The zero-order chi connectivity index (χ0) is 21.5. The van der Waals surface area contributed by atoms with Gasteiger partial charge in [-0.25, -0.2) is 0 Å². The largest absolute Gasteiger partial charge is 0.457 e. The van der Waals surface area contributed by atoms with Crippen LogP contribution < -0.4 is 5.32 Å². The molecule has 0 spiro atoms. The minimum atomic E-state index is -0.502. The molecule has 1 amide bonds. The highest BCUT2D eigenvalue weighted by Gasteiger charge is 2.13. The molecule has 6 heteroatoms. The number of nitriles is 1. The van der Waals surface area contributed by atoms with E-state index in [4.69, 9.17) is 27.6 Å². The molecule has 1 heterocycles. The number of hydrogen-bond donors (Lipinski definition) is 1. The summed E-state index contributed by atoms with van der Waals surface area (Å²) in [4.78, 5) is 12.5. The first-order chi connectivity index (χ1) is 14.5. The zero-order valence-corrected chi connectivity index (χ0v) is 17.9. The molecule has 0 radical (unpaired) electrons. The third-order valence-corrected chi connectivity index (χ3v) is 5.07. The Bertz CT molecular complexity index is 1110. The molecule has 0 atom stereocenters. The molecule has 152 valence electrons. The number of unbranched alkanes of at least 4 members (excludes halogenated alkanes) is 1. The van der Waals surface area contributed by atoms with Gasteiger partial charge in [0.1, 0.15) is 23.2 Å². The Morgan fingerprint density at radius 3 is 2.60 bits per heavy atom. The molecule has 1 aromatic heterocycles. The van der Waals surface area contributed by atoms with Crippen LogP contribution in [0.2, 0.25) is 10.0 Å². The summed E-state index contributed by atoms with van der Waals surface area (Å²) < 4.78 is 5.74. The third kappa shape index (κ3) is 5.54. The maximum absolute atomic E-state index is 12.5. The van der Waals surface area contributed by atoms with Crippen LogP contribution in [0.25, 0.3) is 17.4 Å². The summed E-state index contributed by atoms with van der Waals surface area (Å²) in [6, 6.07) is 18.0. The second-order valence-corrected chi connectivity index (χ2v) is 7.59. The lowest BCUT2D eigenvalue weighted by atomic mass is 10.1. The van der Waals surface area contributed by atoms with Crippen LogP contribution in [0.15, 0.2) is 64.6 Å². The number of carbonyl (C=O) groups is 1. The van der Waals surface area contributed by atoms with Crippen LogP contribution >= 0.6 is 23.2 Å². The van der Waals surface area contributed by atoms with Crippen LogP contribution in [0.3, 0.4) is 0 Å². The van der Waals surface area contributed by atoms with Gasteiger partial charge < -0.3 is 9.73 Å². The first kappa shape index (κ1) is 21.7. The molecule has 0 saturated heterocycles. The Kier molecular flexibility index (Phi) is 7.35. The molecule has 30 heavy (non-hydrogen) atoms. The van der Waals surface area contributed by atoms with E-state index in [0.29, 0.717) is 32.8 Å². The normalized spacial score (nSPS) is 11.2. The Morgan fingerprint density at radius 1 is 1.13 bits per heavy atom. The molecule has 4 nitrogen and oxygen atoms in total. The average Bonchev–Trinajstić information content (AvgIpc) is 3.21. The van der Waals surface area contributed by atoms with Gasteiger partial charge in [-0.3, -0.25) is 4.79 Å². The minimum absolute atomic E-state index is 0.0665. The van der Waals surface area contributed by atoms with Gasteiger partial charge in [0, 0.05) is 22.3 Å². The Balaban J connectivity index is 1.74. The monoisotopic (exact) mass is 438 g/mol. The van der Waals surface area contributed by atoms with Crippen molar-refractivity contribution in [3.8, 4) is 17.4 Å². The second kappa shape index (κ2) is 10.2. The van der Waals surface area contributed by atoms with E-state index in [9.17, 15) is 10.1 Å². The average molecular weight is 439 g/mol. The molecular weight excluding hydrogens is 419 g/mol. The third-order valence-electron chi connectivity index (χ3n) is 4.50. The summed E-state index contributed by atoms with van der Waals surface area (Å²) in [6.07, 6.45) is 4.66. The Morgan fingerprint density at radius 2 is 1.90 bits per heavy atom. The van der Waals surface area contributed by atoms with Crippen molar-refractivity contribution in [2.24, 2.45) is 0 Å². The first-order valence-electron chi connectivity index (χ1n) is 9.57. The SMILES string of the molecule is CCCCc1ccc(NC(=O)/C(C#N)=C/c2ccc(-c3cc(Cl)ccc3Cl)o2)cc1. The zero-order valence-electron chi connectivity index (χ0n) is 16.4. The number of amides is 1. The molecule has 2 aromatic carbocycles. The molecule has 0 bridgehead atoms. The fourth-order valence-electron chi connectivity index (χ4n) is 2.89. The van der Waals surface area contributed by atoms with Crippen molar-refractivity contribution in [2.75, 3.05) is 5.32 Å². The highest BCUT2D eigenvalue weighted by atomic mass is 35.5. The number of carbonyl (C=O) groups excluding carboxylic acids is 1. The molecule has 3 aromatic rings. The lowest BCUT2D eigenvalue weighted by Crippen LogP contribution is -2.13. The van der Waals surface area contributed by atoms with E-state index in [1.165, 1.54) is 11.6 Å². The van der Waals surface area contributed by atoms with E-state index in [1.54, 1.807) is 30.3 Å². The standard InChI is InChI=1S/C24H20Cl2N2O2/c1-2-3-4-16-5-8-19(9-6-16)28-24(29)17(15-27)13-20-10-12-23(30-20)21-14-18(25)7-11-22(21)26/h5-14H,2-4H2,1H3,(H,28,29)/b17-13+. The van der Waals surface area contributed by atoms with Crippen molar-refractivity contribution in [1.82, 2.24) is 0 Å². The number of nitrogens with one attached hydrogen (secondary N) is 1. The van der Waals surface area contributed by atoms with Gasteiger partial charge in [0.2, 0.25) is 0 Å². The fourth-order valence-corrected chi connectivity index (χ4v) is 3.27. The summed E-state index contributed by atoms with van der Waals surface area (Å²) in [6.45, 7) is 2.15. The molecule has 1 N–H and O–H groups in total. The van der Waals surface area contributed by atoms with E-state index in [2.05, 4.69) is 12.2 Å². The lowest BCUT2D eigenvalue weighted by molar-refractivity contribution is -0.112. The summed E-state index contributed by atoms with van der Waals surface area (Å²) in [5.74, 6) is 0.356. The predicted molar refractivity (Wildman–Crippen MR) is 121 cm³/mol. The number of halogens is 2. The number of benzene rings is 2. The van der Waals surface area contributed by atoms with Gasteiger partial charge in [0.05, 0.1) is 5.02 Å². The van der Waals surface area contributed by atoms with E-state index in [1.807, 2.05) is 30.3 Å². The number of rotatable bonds is 7. The summed E-state index contributed by atoms with van der Waals surface area (Å²) >= 11 is 12.2. The lowest BCUT2D eigenvalue weighted by Gasteiger charge is -2.06. The topological polar surface area (TPSA) is 66.0 Å². The van der Waals surface area contributed by atoms with Gasteiger partial charge in [-0.1, -0.05) is 48.7 Å². The van der Waals surface area contributed by atoms with Gasteiger partial charge in [-0.15, -0.1) is 0 Å². The van der Waals surface area contributed by atoms with Gasteiger partial charge >= 0.3 is 0 Å². The Hall–Kier alpha value is -3.00. The maximum Gasteiger partial charge on any atom is 0.266 e. The van der Waals surface area contributed by atoms with E-state index in [0.717, 1.165) is 19.3 Å². The van der Waals surface area contributed by atoms with Crippen molar-refractivity contribution in [2.45, 2.75) is 26.2 Å². The van der Waals surface area contributed by atoms with Crippen molar-refractivity contribution >= 4 is 40.9 Å². The number of aryl methyl sites for hydroxylation is 1. The fraction of sp³-hybridized carbons (Fsp3) is 0.167. The van der Waals surface area contributed by atoms with Gasteiger partial charge in [0.15, 0.2) is 0 Å². The van der Waals surface area contributed by atoms with Gasteiger partial charge in [0.25, 0.3) is 5.91 Å². The van der Waals surface area contributed by atoms with Crippen LogP contribution in [-0.4, -0.2) is 5.91 Å². The molecule has 0 fully saturated rings. The van der Waals surface area contributed by atoms with Crippen LogP contribution in [0.1, 0.15) is 31.1 Å². The molecule has 0 saturated carbocycles. The highest BCUT2D eigenvalue weighted by Crippen LogP contribution is 2.32. The molecule has 0 aliphatic heterocycles. The predicted octanol–water partition coefficient (Wildman–Crippen LogP) is 7.14. The molecular formula is C24H20Cl2N2O2. The van der Waals surface area contributed by atoms with E-state index < -0.39 is 5.91 Å². The molecule has 0 aliphatic carbocycles. The van der Waals surface area contributed by atoms with E-state index >= 15 is 0 Å². The van der Waals surface area contributed by atoms with E-state index in [-0.39, 0.29) is 5.57 Å². The van der Waals surface area contributed by atoms with Crippen LogP contribution in [0, 0.1) is 11.3 Å². The van der Waals surface area contributed by atoms with Crippen LogP contribution in [0.4, 0.5) is 5.69 Å². The molecule has 0 aliphatic rings. The number of nitrogens with zero attached hydrogens (tertiary/aromatic N) is 1. The quantitative estimate of drug-likeness (QED) is 0.314. The van der Waals surface area contributed by atoms with Gasteiger partial charge in [-0.2, -0.15) is 5.26 Å². The number of hydrogen-bond acceptors (Lipinski definition) is 3. The summed E-state index contributed by atoms with van der Waals surface area (Å²) in [5, 5.41) is 13.2.